The van der Waals surface area contributed by atoms with Crippen LogP contribution in [0.4, 0.5) is 5.82 Å². The average Bonchev–Trinajstić information content (AvgIpc) is 2.94. The third-order valence-corrected chi connectivity index (χ3v) is 3.41. The Morgan fingerprint density at radius 2 is 2.15 bits per heavy atom. The standard InChI is InChI=1S/C14H24N6/c1-11(9-20-7-6-15-10-20)16-8-13-12(2)17-19(5)14(13)18(3)4/h6-7,10-11,16H,8-9H2,1-5H3/t11-/m0/s1. The normalized spacial score (nSPS) is 12.7. The van der Waals surface area contributed by atoms with Crippen LogP contribution < -0.4 is 10.2 Å². The minimum Gasteiger partial charge on any atom is -0.363 e. The molecule has 0 aliphatic heterocycles. The number of nitrogens with one attached hydrogen (secondary N) is 1. The Labute approximate surface area is 120 Å². The molecule has 1 atom stereocenters. The fraction of sp³-hybridized carbons (Fsp3) is 0.571. The molecular weight excluding hydrogens is 252 g/mol. The number of nitrogens with zero attached hydrogens (tertiary/aromatic N) is 5. The van der Waals surface area contributed by atoms with Crippen molar-refractivity contribution in [2.45, 2.75) is 33.0 Å². The Bertz CT molecular complexity index is 540. The predicted octanol–water partition coefficient (Wildman–Crippen LogP) is 1.17. The van der Waals surface area contributed by atoms with Crippen molar-refractivity contribution in [2.75, 3.05) is 19.0 Å². The lowest BCUT2D eigenvalue weighted by atomic mass is 10.2. The van der Waals surface area contributed by atoms with E-state index in [2.05, 4.69) is 52.8 Å². The van der Waals surface area contributed by atoms with Crippen molar-refractivity contribution in [3.8, 4) is 0 Å². The molecule has 0 aromatic carbocycles. The zero-order valence-electron chi connectivity index (χ0n) is 13.0. The van der Waals surface area contributed by atoms with Gasteiger partial charge in [-0.25, -0.2) is 4.98 Å². The SMILES string of the molecule is Cc1nn(C)c(N(C)C)c1CN[C@@H](C)Cn1ccnc1. The molecule has 0 radical (unpaired) electrons. The summed E-state index contributed by atoms with van der Waals surface area (Å²) in [6, 6.07) is 0.374. The van der Waals surface area contributed by atoms with Gasteiger partial charge in [0.15, 0.2) is 0 Å². The number of imidazole rings is 1. The molecule has 2 rings (SSSR count). The Morgan fingerprint density at radius 1 is 1.40 bits per heavy atom. The second-order valence-corrected chi connectivity index (χ2v) is 5.45. The number of anilines is 1. The van der Waals surface area contributed by atoms with Gasteiger partial charge in [0, 0.05) is 58.2 Å². The highest BCUT2D eigenvalue weighted by molar-refractivity contribution is 5.48. The Balaban J connectivity index is 2.00. The van der Waals surface area contributed by atoms with Gasteiger partial charge in [0.25, 0.3) is 0 Å². The summed E-state index contributed by atoms with van der Waals surface area (Å²) in [5.41, 5.74) is 2.34. The van der Waals surface area contributed by atoms with E-state index in [0.717, 1.165) is 24.6 Å². The van der Waals surface area contributed by atoms with Crippen LogP contribution in [-0.2, 0) is 20.1 Å². The number of aromatic nitrogens is 4. The van der Waals surface area contributed by atoms with Crippen LogP contribution >= 0.6 is 0 Å². The fourth-order valence-corrected chi connectivity index (χ4v) is 2.51. The topological polar surface area (TPSA) is 50.9 Å². The van der Waals surface area contributed by atoms with Crippen LogP contribution in [0.2, 0.25) is 0 Å². The Morgan fingerprint density at radius 3 is 2.75 bits per heavy atom. The molecule has 0 spiro atoms. The van der Waals surface area contributed by atoms with Crippen molar-refractivity contribution < 1.29 is 0 Å². The molecule has 20 heavy (non-hydrogen) atoms. The maximum atomic E-state index is 4.51. The zero-order chi connectivity index (χ0) is 14.7. The largest absolute Gasteiger partial charge is 0.363 e. The van der Waals surface area contributed by atoms with Gasteiger partial charge in [-0.05, 0) is 13.8 Å². The number of hydrogen-bond acceptors (Lipinski definition) is 4. The number of rotatable bonds is 6. The lowest BCUT2D eigenvalue weighted by Gasteiger charge is -2.18. The van der Waals surface area contributed by atoms with E-state index in [0.29, 0.717) is 6.04 Å². The molecule has 2 heterocycles. The van der Waals surface area contributed by atoms with Crippen molar-refractivity contribution in [1.29, 1.82) is 0 Å². The van der Waals surface area contributed by atoms with Gasteiger partial charge in [0.1, 0.15) is 5.82 Å². The van der Waals surface area contributed by atoms with Gasteiger partial charge >= 0.3 is 0 Å². The van der Waals surface area contributed by atoms with Crippen LogP contribution in [0.1, 0.15) is 18.2 Å². The lowest BCUT2D eigenvalue weighted by molar-refractivity contribution is 0.475. The lowest BCUT2D eigenvalue weighted by Crippen LogP contribution is -2.30. The van der Waals surface area contributed by atoms with Crippen molar-refractivity contribution in [1.82, 2.24) is 24.6 Å². The van der Waals surface area contributed by atoms with E-state index in [1.54, 1.807) is 0 Å². The molecule has 0 amide bonds. The molecule has 1 N–H and O–H groups in total. The van der Waals surface area contributed by atoms with E-state index < -0.39 is 0 Å². The molecule has 0 aliphatic rings. The van der Waals surface area contributed by atoms with Crippen LogP contribution in [-0.4, -0.2) is 39.5 Å². The first-order chi connectivity index (χ1) is 9.49. The first kappa shape index (κ1) is 14.6. The van der Waals surface area contributed by atoms with Crippen molar-refractivity contribution in [3.05, 3.63) is 30.0 Å². The van der Waals surface area contributed by atoms with Gasteiger partial charge in [0.2, 0.25) is 0 Å². The van der Waals surface area contributed by atoms with Crippen LogP contribution in [0, 0.1) is 6.92 Å². The Hall–Kier alpha value is -1.82. The van der Waals surface area contributed by atoms with E-state index in [1.165, 1.54) is 5.56 Å². The molecule has 0 saturated carbocycles. The first-order valence-corrected chi connectivity index (χ1v) is 6.88. The highest BCUT2D eigenvalue weighted by Gasteiger charge is 2.15. The van der Waals surface area contributed by atoms with Crippen LogP contribution in [0.5, 0.6) is 0 Å². The first-order valence-electron chi connectivity index (χ1n) is 6.88. The highest BCUT2D eigenvalue weighted by atomic mass is 15.4. The molecule has 6 nitrogen and oxygen atoms in total. The monoisotopic (exact) mass is 276 g/mol. The van der Waals surface area contributed by atoms with E-state index in [9.17, 15) is 0 Å². The Kier molecular flexibility index (Phi) is 4.44. The quantitative estimate of drug-likeness (QED) is 0.860. The van der Waals surface area contributed by atoms with Crippen LogP contribution in [0.25, 0.3) is 0 Å². The molecule has 0 fully saturated rings. The van der Waals surface area contributed by atoms with Gasteiger partial charge in [-0.1, -0.05) is 0 Å². The highest BCUT2D eigenvalue weighted by Crippen LogP contribution is 2.21. The molecule has 2 aromatic heterocycles. The molecule has 2 aromatic rings. The summed E-state index contributed by atoms with van der Waals surface area (Å²) in [7, 11) is 6.09. The van der Waals surface area contributed by atoms with Crippen molar-refractivity contribution >= 4 is 5.82 Å². The number of aryl methyl sites for hydroxylation is 2. The summed E-state index contributed by atoms with van der Waals surface area (Å²) >= 11 is 0. The molecule has 0 unspecified atom stereocenters. The fourth-order valence-electron chi connectivity index (χ4n) is 2.51. The summed E-state index contributed by atoms with van der Waals surface area (Å²) in [6.45, 7) is 5.98. The molecule has 0 bridgehead atoms. The van der Waals surface area contributed by atoms with Crippen molar-refractivity contribution in [2.24, 2.45) is 7.05 Å². The van der Waals surface area contributed by atoms with Gasteiger partial charge in [-0.15, -0.1) is 0 Å². The molecule has 0 aliphatic carbocycles. The van der Waals surface area contributed by atoms with Crippen LogP contribution in [0.15, 0.2) is 18.7 Å². The maximum absolute atomic E-state index is 4.51. The molecule has 110 valence electrons. The average molecular weight is 276 g/mol. The summed E-state index contributed by atoms with van der Waals surface area (Å²) < 4.78 is 4.02. The van der Waals surface area contributed by atoms with E-state index in [1.807, 2.05) is 30.5 Å². The smallest absolute Gasteiger partial charge is 0.130 e. The summed E-state index contributed by atoms with van der Waals surface area (Å²) in [5, 5.41) is 8.06. The minimum absolute atomic E-state index is 0.374. The van der Waals surface area contributed by atoms with E-state index in [4.69, 9.17) is 0 Å². The maximum Gasteiger partial charge on any atom is 0.130 e. The number of hydrogen-bond donors (Lipinski definition) is 1. The van der Waals surface area contributed by atoms with Crippen LogP contribution in [0.3, 0.4) is 0 Å². The summed E-state index contributed by atoms with van der Waals surface area (Å²) in [4.78, 5) is 6.17. The molecule has 0 saturated heterocycles. The van der Waals surface area contributed by atoms with Gasteiger partial charge < -0.3 is 14.8 Å². The summed E-state index contributed by atoms with van der Waals surface area (Å²) in [5.74, 6) is 1.16. The van der Waals surface area contributed by atoms with E-state index in [-0.39, 0.29) is 0 Å². The minimum atomic E-state index is 0.374. The molecular formula is C14H24N6. The zero-order valence-corrected chi connectivity index (χ0v) is 13.0. The van der Waals surface area contributed by atoms with Gasteiger partial charge in [-0.3, -0.25) is 4.68 Å². The summed E-state index contributed by atoms with van der Waals surface area (Å²) in [6.07, 6.45) is 5.64. The molecule has 6 heteroatoms. The van der Waals surface area contributed by atoms with Gasteiger partial charge in [-0.2, -0.15) is 5.10 Å². The van der Waals surface area contributed by atoms with Crippen molar-refractivity contribution in [3.63, 3.8) is 0 Å². The van der Waals surface area contributed by atoms with E-state index >= 15 is 0 Å². The third kappa shape index (κ3) is 3.19. The third-order valence-electron chi connectivity index (χ3n) is 3.41. The predicted molar refractivity (Wildman–Crippen MR) is 80.8 cm³/mol. The second-order valence-electron chi connectivity index (χ2n) is 5.45. The van der Waals surface area contributed by atoms with Gasteiger partial charge in [0.05, 0.1) is 12.0 Å². The second kappa shape index (κ2) is 6.09.